The van der Waals surface area contributed by atoms with Gasteiger partial charge in [0.15, 0.2) is 5.69 Å². The van der Waals surface area contributed by atoms with Crippen LogP contribution in [0.2, 0.25) is 0 Å². The molecular weight excluding hydrogens is 326 g/mol. The average molecular weight is 348 g/mol. The number of nitrogens with zero attached hydrogens (tertiary/aromatic N) is 4. The fraction of sp³-hybridized carbons (Fsp3) is 0.471. The summed E-state index contributed by atoms with van der Waals surface area (Å²) in [5.41, 5.74) is 2.66. The van der Waals surface area contributed by atoms with Crippen LogP contribution in [0.1, 0.15) is 41.9 Å². The fourth-order valence-corrected chi connectivity index (χ4v) is 3.62. The molecule has 0 radical (unpaired) electrons. The molecule has 1 fully saturated rings. The Kier molecular flexibility index (Phi) is 4.87. The van der Waals surface area contributed by atoms with Crippen LogP contribution < -0.4 is 10.2 Å². The van der Waals surface area contributed by atoms with Gasteiger partial charge in [0.2, 0.25) is 0 Å². The van der Waals surface area contributed by atoms with E-state index in [2.05, 4.69) is 28.6 Å². The van der Waals surface area contributed by atoms with Gasteiger partial charge in [-0.25, -0.2) is 4.68 Å². The van der Waals surface area contributed by atoms with E-state index in [4.69, 9.17) is 0 Å². The normalized spacial score (nSPS) is 20.5. The van der Waals surface area contributed by atoms with Crippen LogP contribution in [0.4, 0.5) is 5.69 Å². The first kappa shape index (κ1) is 16.9. The van der Waals surface area contributed by atoms with Gasteiger partial charge in [0.05, 0.1) is 12.2 Å². The van der Waals surface area contributed by atoms with Gasteiger partial charge >= 0.3 is 0 Å². The quantitative estimate of drug-likeness (QED) is 0.904. The first-order valence-electron chi connectivity index (χ1n) is 8.28. The number of hydrogen-bond donors (Lipinski definition) is 1. The molecule has 1 aromatic carbocycles. The van der Waals surface area contributed by atoms with Gasteiger partial charge in [0, 0.05) is 11.7 Å². The Balaban J connectivity index is 0.00000169. The highest BCUT2D eigenvalue weighted by atomic mass is 35.5. The lowest BCUT2D eigenvalue weighted by atomic mass is 10.1. The molecule has 4 rings (SSSR count). The maximum Gasteiger partial charge on any atom is 0.280 e. The zero-order valence-electron chi connectivity index (χ0n) is 13.7. The molecule has 1 saturated heterocycles. The maximum atomic E-state index is 12.9. The molecule has 1 atom stereocenters. The molecule has 2 aliphatic rings. The minimum atomic E-state index is -0.0531. The largest absolute Gasteiger partial charge is 0.317 e. The summed E-state index contributed by atoms with van der Waals surface area (Å²) >= 11 is 0. The Bertz CT molecular complexity index is 725. The summed E-state index contributed by atoms with van der Waals surface area (Å²) in [7, 11) is 0. The van der Waals surface area contributed by atoms with Crippen molar-refractivity contribution in [2.75, 3.05) is 18.0 Å². The Morgan fingerprint density at radius 3 is 2.79 bits per heavy atom. The second-order valence-electron chi connectivity index (χ2n) is 6.42. The molecule has 7 heteroatoms. The van der Waals surface area contributed by atoms with Gasteiger partial charge in [-0.2, -0.15) is 0 Å². The van der Waals surface area contributed by atoms with Gasteiger partial charge in [0.25, 0.3) is 5.91 Å². The van der Waals surface area contributed by atoms with E-state index in [-0.39, 0.29) is 24.4 Å². The molecule has 1 amide bonds. The summed E-state index contributed by atoms with van der Waals surface area (Å²) < 4.78 is 1.86. The third-order valence-corrected chi connectivity index (χ3v) is 4.84. The number of fused-ring (bicyclic) bond motifs is 1. The van der Waals surface area contributed by atoms with Crippen molar-refractivity contribution in [2.45, 2.75) is 38.3 Å². The van der Waals surface area contributed by atoms with E-state index in [0.29, 0.717) is 11.7 Å². The highest BCUT2D eigenvalue weighted by Gasteiger charge is 2.32. The topological polar surface area (TPSA) is 63.1 Å². The van der Waals surface area contributed by atoms with E-state index < -0.39 is 0 Å². The number of anilines is 1. The highest BCUT2D eigenvalue weighted by molar-refractivity contribution is 6.06. The Morgan fingerprint density at radius 1 is 1.25 bits per heavy atom. The smallest absolute Gasteiger partial charge is 0.280 e. The zero-order chi connectivity index (χ0) is 15.8. The van der Waals surface area contributed by atoms with Gasteiger partial charge < -0.3 is 10.2 Å². The summed E-state index contributed by atoms with van der Waals surface area (Å²) in [4.78, 5) is 14.8. The lowest BCUT2D eigenvalue weighted by molar-refractivity contribution is 0.0976. The van der Waals surface area contributed by atoms with Crippen molar-refractivity contribution in [1.29, 1.82) is 0 Å². The monoisotopic (exact) mass is 347 g/mol. The molecule has 0 spiro atoms. The number of benzene rings is 1. The third kappa shape index (κ3) is 2.91. The summed E-state index contributed by atoms with van der Waals surface area (Å²) in [6.07, 6.45) is 4.76. The molecule has 6 nitrogen and oxygen atoms in total. The van der Waals surface area contributed by atoms with Crippen LogP contribution in [0.25, 0.3) is 0 Å². The van der Waals surface area contributed by atoms with Crippen molar-refractivity contribution >= 4 is 24.0 Å². The van der Waals surface area contributed by atoms with E-state index >= 15 is 0 Å². The molecule has 0 aliphatic carbocycles. The number of carbonyl (C=O) groups is 1. The standard InChI is InChI=1S/C17H21N5O.ClH/c1-12-10-13-4-2-3-5-16(13)22(12)17(23)15-11-21(20-19-15)14-6-8-18-9-7-14;/h2-5,11-12,14,18H,6-10H2,1H3;1H. The Hall–Kier alpha value is -1.92. The van der Waals surface area contributed by atoms with E-state index in [1.165, 1.54) is 5.56 Å². The average Bonchev–Trinajstić information content (AvgIpc) is 3.19. The van der Waals surface area contributed by atoms with E-state index in [0.717, 1.165) is 38.0 Å². The van der Waals surface area contributed by atoms with Gasteiger partial charge in [-0.05, 0) is 50.9 Å². The van der Waals surface area contributed by atoms with E-state index in [1.54, 1.807) is 0 Å². The van der Waals surface area contributed by atoms with Crippen molar-refractivity contribution in [1.82, 2.24) is 20.3 Å². The van der Waals surface area contributed by atoms with Crippen molar-refractivity contribution in [3.63, 3.8) is 0 Å². The summed E-state index contributed by atoms with van der Waals surface area (Å²) in [6.45, 7) is 4.06. The van der Waals surface area contributed by atoms with Crippen LogP contribution in [-0.4, -0.2) is 40.0 Å². The molecule has 1 unspecified atom stereocenters. The van der Waals surface area contributed by atoms with Crippen LogP contribution in [0.3, 0.4) is 0 Å². The number of rotatable bonds is 2. The number of aromatic nitrogens is 3. The number of halogens is 1. The van der Waals surface area contributed by atoms with E-state index in [1.807, 2.05) is 34.0 Å². The van der Waals surface area contributed by atoms with Crippen LogP contribution in [0.15, 0.2) is 30.5 Å². The number of amides is 1. The van der Waals surface area contributed by atoms with Crippen molar-refractivity contribution in [3.05, 3.63) is 41.7 Å². The molecular formula is C17H22ClN5O. The SMILES string of the molecule is CC1Cc2ccccc2N1C(=O)c1cn(C2CCNCC2)nn1.Cl. The lowest BCUT2D eigenvalue weighted by Crippen LogP contribution is -2.36. The number of piperidine rings is 1. The second-order valence-corrected chi connectivity index (χ2v) is 6.42. The summed E-state index contributed by atoms with van der Waals surface area (Å²) in [6, 6.07) is 8.59. The molecule has 2 aromatic rings. The van der Waals surface area contributed by atoms with Crippen LogP contribution in [-0.2, 0) is 6.42 Å². The Morgan fingerprint density at radius 2 is 2.00 bits per heavy atom. The lowest BCUT2D eigenvalue weighted by Gasteiger charge is -2.22. The molecule has 0 bridgehead atoms. The molecule has 1 N–H and O–H groups in total. The highest BCUT2D eigenvalue weighted by Crippen LogP contribution is 2.32. The predicted molar refractivity (Wildman–Crippen MR) is 94.8 cm³/mol. The van der Waals surface area contributed by atoms with Gasteiger partial charge in [-0.3, -0.25) is 4.79 Å². The molecule has 1 aromatic heterocycles. The van der Waals surface area contributed by atoms with Crippen molar-refractivity contribution in [2.24, 2.45) is 0 Å². The fourth-order valence-electron chi connectivity index (χ4n) is 3.62. The van der Waals surface area contributed by atoms with Gasteiger partial charge in [-0.15, -0.1) is 17.5 Å². The van der Waals surface area contributed by atoms with Gasteiger partial charge in [0.1, 0.15) is 0 Å². The molecule has 0 saturated carbocycles. The zero-order valence-corrected chi connectivity index (χ0v) is 14.5. The number of nitrogens with one attached hydrogen (secondary N) is 1. The molecule has 3 heterocycles. The summed E-state index contributed by atoms with van der Waals surface area (Å²) in [5.74, 6) is -0.0531. The number of para-hydroxylation sites is 1. The first-order valence-corrected chi connectivity index (χ1v) is 8.28. The molecule has 24 heavy (non-hydrogen) atoms. The van der Waals surface area contributed by atoms with Crippen LogP contribution in [0, 0.1) is 0 Å². The minimum absolute atomic E-state index is 0. The molecule has 128 valence electrons. The summed E-state index contributed by atoms with van der Waals surface area (Å²) in [5, 5.41) is 11.7. The van der Waals surface area contributed by atoms with Gasteiger partial charge in [-0.1, -0.05) is 23.4 Å². The maximum absolute atomic E-state index is 12.9. The Labute approximate surface area is 147 Å². The van der Waals surface area contributed by atoms with E-state index in [9.17, 15) is 4.79 Å². The number of hydrogen-bond acceptors (Lipinski definition) is 4. The minimum Gasteiger partial charge on any atom is -0.317 e. The predicted octanol–water partition coefficient (Wildman–Crippen LogP) is 2.22. The van der Waals surface area contributed by atoms with Crippen LogP contribution in [0.5, 0.6) is 0 Å². The second kappa shape index (κ2) is 6.91. The van der Waals surface area contributed by atoms with Crippen molar-refractivity contribution < 1.29 is 4.79 Å². The third-order valence-electron chi connectivity index (χ3n) is 4.84. The number of carbonyl (C=O) groups excluding carboxylic acids is 1. The van der Waals surface area contributed by atoms with Crippen LogP contribution >= 0.6 is 12.4 Å². The molecule has 2 aliphatic heterocycles. The van der Waals surface area contributed by atoms with Crippen molar-refractivity contribution in [3.8, 4) is 0 Å². The first-order chi connectivity index (χ1) is 11.2.